The minimum Gasteiger partial charge on any atom is -0.445 e. The number of rotatable bonds is 10. The molecule has 0 radical (unpaired) electrons. The summed E-state index contributed by atoms with van der Waals surface area (Å²) >= 11 is 1.50. The van der Waals surface area contributed by atoms with Gasteiger partial charge in [0, 0.05) is 0 Å². The monoisotopic (exact) mass is 384 g/mol. The molecule has 0 bridgehead atoms. The summed E-state index contributed by atoms with van der Waals surface area (Å²) in [6.07, 6.45) is 1.44. The number of benzene rings is 1. The highest BCUT2D eigenvalue weighted by Crippen LogP contribution is 2.04. The van der Waals surface area contributed by atoms with Crippen molar-refractivity contribution in [2.45, 2.75) is 25.1 Å². The Morgan fingerprint density at radius 3 is 2.42 bits per heavy atom. The van der Waals surface area contributed by atoms with Gasteiger partial charge < -0.3 is 20.5 Å². The first kappa shape index (κ1) is 21.7. The fraction of sp³-hybridized carbons (Fsp3) is 0.438. The molecular weight excluding hydrogens is 360 g/mol. The van der Waals surface area contributed by atoms with Crippen LogP contribution in [-0.2, 0) is 20.9 Å². The summed E-state index contributed by atoms with van der Waals surface area (Å²) < 4.78 is 5.10. The highest BCUT2D eigenvalue weighted by atomic mass is 32.2. The maximum Gasteiger partial charge on any atom is 0.408 e. The van der Waals surface area contributed by atoms with Crippen LogP contribution in [0.5, 0.6) is 0 Å². The lowest BCUT2D eigenvalue weighted by Crippen LogP contribution is -2.56. The van der Waals surface area contributed by atoms with Crippen molar-refractivity contribution in [3.8, 4) is 0 Å². The van der Waals surface area contributed by atoms with Crippen molar-refractivity contribution < 1.29 is 24.2 Å². The number of carbonyl (C=O) groups excluding carboxylic acids is 3. The second-order valence-electron chi connectivity index (χ2n) is 5.29. The zero-order chi connectivity index (χ0) is 19.4. The van der Waals surface area contributed by atoms with Crippen molar-refractivity contribution in [1.29, 1.82) is 0 Å². The Morgan fingerprint density at radius 2 is 1.85 bits per heavy atom. The predicted molar refractivity (Wildman–Crippen MR) is 97.9 cm³/mol. The van der Waals surface area contributed by atoms with Gasteiger partial charge in [-0.15, -0.1) is 0 Å². The number of nitrogens with one attached hydrogen (secondary N) is 3. The quantitative estimate of drug-likeness (QED) is 0.208. The molecule has 0 spiro atoms. The van der Waals surface area contributed by atoms with Crippen LogP contribution in [0.15, 0.2) is 30.3 Å². The van der Waals surface area contributed by atoms with Gasteiger partial charge >= 0.3 is 6.09 Å². The molecule has 3 amide bonds. The van der Waals surface area contributed by atoms with Crippen LogP contribution >= 0.6 is 11.8 Å². The highest BCUT2D eigenvalue weighted by molar-refractivity contribution is 7.98. The van der Waals surface area contributed by atoms with Crippen LogP contribution in [-0.4, -0.2) is 53.7 Å². The largest absolute Gasteiger partial charge is 0.445 e. The molecule has 0 saturated heterocycles. The van der Waals surface area contributed by atoms with Crippen molar-refractivity contribution in [3.05, 3.63) is 35.9 Å². The number of nitrogens with two attached hydrogens (primary N) is 1. The van der Waals surface area contributed by atoms with Crippen LogP contribution in [0.25, 0.3) is 0 Å². The number of alkyl carbamates (subject to hydrolysis) is 1. The van der Waals surface area contributed by atoms with E-state index < -0.39 is 36.6 Å². The summed E-state index contributed by atoms with van der Waals surface area (Å²) in [5.74, 6) is 4.25. The summed E-state index contributed by atoms with van der Waals surface area (Å²) in [7, 11) is 0. The third-order valence-corrected chi connectivity index (χ3v) is 4.03. The van der Waals surface area contributed by atoms with Gasteiger partial charge in [-0.05, 0) is 24.0 Å². The number of hydrazine groups is 1. The van der Waals surface area contributed by atoms with E-state index in [4.69, 9.17) is 10.6 Å². The second-order valence-corrected chi connectivity index (χ2v) is 6.28. The van der Waals surface area contributed by atoms with E-state index in [1.807, 2.05) is 42.0 Å². The minimum absolute atomic E-state index is 0.0678. The summed E-state index contributed by atoms with van der Waals surface area (Å²) in [6.45, 7) is -0.555. The molecular formula is C16H24N4O5S. The molecule has 1 rings (SSSR count). The number of ether oxygens (including phenoxy) is 1. The Labute approximate surface area is 156 Å². The number of hydrogen-bond donors (Lipinski definition) is 5. The van der Waals surface area contributed by atoms with E-state index in [1.54, 1.807) is 0 Å². The molecule has 144 valence electrons. The Balaban J connectivity index is 2.62. The molecule has 2 atom stereocenters. The van der Waals surface area contributed by atoms with E-state index in [2.05, 4.69) is 10.6 Å². The molecule has 26 heavy (non-hydrogen) atoms. The zero-order valence-corrected chi connectivity index (χ0v) is 15.3. The molecule has 1 aromatic rings. The third kappa shape index (κ3) is 7.72. The van der Waals surface area contributed by atoms with Gasteiger partial charge in [-0.1, -0.05) is 30.3 Å². The van der Waals surface area contributed by atoms with Crippen LogP contribution in [0, 0.1) is 0 Å². The predicted octanol–water partition coefficient (Wildman–Crippen LogP) is -0.498. The SMILES string of the molecule is CSCC[C@H](NC(=O)OCc1ccccc1)C(=O)N[C@@H](CO)C(=O)NN. The van der Waals surface area contributed by atoms with Gasteiger partial charge in [0.1, 0.15) is 18.7 Å². The number of thioether (sulfide) groups is 1. The zero-order valence-electron chi connectivity index (χ0n) is 14.4. The van der Waals surface area contributed by atoms with Gasteiger partial charge in [-0.2, -0.15) is 11.8 Å². The van der Waals surface area contributed by atoms with Crippen molar-refractivity contribution in [1.82, 2.24) is 16.1 Å². The molecule has 10 heteroatoms. The van der Waals surface area contributed by atoms with Gasteiger partial charge in [0.2, 0.25) is 5.91 Å². The lowest BCUT2D eigenvalue weighted by Gasteiger charge is -2.21. The van der Waals surface area contributed by atoms with Crippen molar-refractivity contribution in [3.63, 3.8) is 0 Å². The maximum absolute atomic E-state index is 12.3. The molecule has 0 aliphatic carbocycles. The number of aliphatic hydroxyl groups excluding tert-OH is 1. The molecule has 1 aromatic carbocycles. The van der Waals surface area contributed by atoms with Crippen molar-refractivity contribution in [2.75, 3.05) is 18.6 Å². The number of amides is 3. The van der Waals surface area contributed by atoms with Crippen molar-refractivity contribution in [2.24, 2.45) is 5.84 Å². The summed E-state index contributed by atoms with van der Waals surface area (Å²) in [4.78, 5) is 35.8. The lowest BCUT2D eigenvalue weighted by molar-refractivity contribution is -0.131. The molecule has 9 nitrogen and oxygen atoms in total. The first-order valence-electron chi connectivity index (χ1n) is 7.89. The Hall–Kier alpha value is -2.30. The van der Waals surface area contributed by atoms with Gasteiger partial charge in [-0.3, -0.25) is 15.0 Å². The normalized spacial score (nSPS) is 12.6. The summed E-state index contributed by atoms with van der Waals surface area (Å²) in [5.41, 5.74) is 2.67. The second kappa shape index (κ2) is 12.1. The van der Waals surface area contributed by atoms with Crippen molar-refractivity contribution >= 4 is 29.7 Å². The van der Waals surface area contributed by atoms with E-state index in [-0.39, 0.29) is 6.61 Å². The van der Waals surface area contributed by atoms with Gasteiger partial charge in [0.25, 0.3) is 5.91 Å². The fourth-order valence-electron chi connectivity index (χ4n) is 1.98. The maximum atomic E-state index is 12.3. The minimum atomic E-state index is -1.20. The number of carbonyl (C=O) groups is 3. The van der Waals surface area contributed by atoms with Crippen LogP contribution in [0.2, 0.25) is 0 Å². The van der Waals surface area contributed by atoms with Gasteiger partial charge in [0.15, 0.2) is 0 Å². The standard InChI is InChI=1S/C16H24N4O5S/c1-26-8-7-12(14(22)18-13(9-21)15(23)20-17)19-16(24)25-10-11-5-3-2-4-6-11/h2-6,12-13,21H,7-10,17H2,1H3,(H,18,22)(H,19,24)(H,20,23)/t12-,13-/m0/s1. The van der Waals surface area contributed by atoms with Crippen LogP contribution < -0.4 is 21.9 Å². The highest BCUT2D eigenvalue weighted by Gasteiger charge is 2.26. The number of aliphatic hydroxyl groups is 1. The summed E-state index contributed by atoms with van der Waals surface area (Å²) in [5, 5.41) is 14.0. The van der Waals surface area contributed by atoms with E-state index in [9.17, 15) is 19.5 Å². The molecule has 0 aromatic heterocycles. The molecule has 0 heterocycles. The van der Waals surface area contributed by atoms with Gasteiger partial charge in [0.05, 0.1) is 6.61 Å². The van der Waals surface area contributed by atoms with Crippen LogP contribution in [0.1, 0.15) is 12.0 Å². The molecule has 0 aliphatic rings. The Kier molecular flexibility index (Phi) is 10.1. The molecule has 0 unspecified atom stereocenters. The third-order valence-electron chi connectivity index (χ3n) is 3.39. The smallest absolute Gasteiger partial charge is 0.408 e. The first-order chi connectivity index (χ1) is 12.5. The van der Waals surface area contributed by atoms with E-state index in [0.29, 0.717) is 12.2 Å². The molecule has 0 aliphatic heterocycles. The molecule has 0 fully saturated rings. The van der Waals surface area contributed by atoms with Crippen LogP contribution in [0.3, 0.4) is 0 Å². The topological polar surface area (TPSA) is 143 Å². The molecule has 6 N–H and O–H groups in total. The average Bonchev–Trinajstić information content (AvgIpc) is 2.67. The first-order valence-corrected chi connectivity index (χ1v) is 9.29. The lowest BCUT2D eigenvalue weighted by atomic mass is 10.2. The fourth-order valence-corrected chi connectivity index (χ4v) is 2.45. The number of hydrogen-bond acceptors (Lipinski definition) is 7. The Bertz CT molecular complexity index is 587. The molecule has 0 saturated carbocycles. The van der Waals surface area contributed by atoms with Gasteiger partial charge in [-0.25, -0.2) is 10.6 Å². The van der Waals surface area contributed by atoms with E-state index in [0.717, 1.165) is 5.56 Å². The Morgan fingerprint density at radius 1 is 1.15 bits per heavy atom. The van der Waals surface area contributed by atoms with Crippen LogP contribution in [0.4, 0.5) is 4.79 Å². The summed E-state index contributed by atoms with van der Waals surface area (Å²) in [6, 6.07) is 7.00. The van der Waals surface area contributed by atoms with E-state index >= 15 is 0 Å². The van der Waals surface area contributed by atoms with E-state index in [1.165, 1.54) is 11.8 Å². The average molecular weight is 384 g/mol.